The molecule has 4 rings (SSSR count). The highest BCUT2D eigenvalue weighted by molar-refractivity contribution is 7.97. The lowest BCUT2D eigenvalue weighted by molar-refractivity contribution is -0.0533. The second-order valence-corrected chi connectivity index (χ2v) is 7.69. The summed E-state index contributed by atoms with van der Waals surface area (Å²) in [4.78, 5) is 2.08. The summed E-state index contributed by atoms with van der Waals surface area (Å²) < 4.78 is 34.7. The summed E-state index contributed by atoms with van der Waals surface area (Å²) in [6.45, 7) is 1.26. The van der Waals surface area contributed by atoms with Crippen LogP contribution in [0.5, 0.6) is 11.8 Å². The molecule has 2 aliphatic heterocycles. The molecule has 1 fully saturated rings. The average Bonchev–Trinajstić information content (AvgIpc) is 3.17. The first-order valence-electron chi connectivity index (χ1n) is 8.65. The number of hydrogen-bond donors (Lipinski definition) is 3. The number of nitrogens with two attached hydrogens (primary N) is 1. The first kappa shape index (κ1) is 18.5. The predicted molar refractivity (Wildman–Crippen MR) is 97.4 cm³/mol. The van der Waals surface area contributed by atoms with Crippen molar-refractivity contribution in [2.75, 3.05) is 12.9 Å². The number of aromatic nitrogens is 1. The van der Waals surface area contributed by atoms with Crippen molar-refractivity contribution in [1.29, 1.82) is 0 Å². The van der Waals surface area contributed by atoms with Gasteiger partial charge in [-0.2, -0.15) is 0 Å². The molecule has 0 amide bonds. The van der Waals surface area contributed by atoms with E-state index in [0.29, 0.717) is 37.2 Å². The number of halogens is 2. The number of benzene rings is 1. The summed E-state index contributed by atoms with van der Waals surface area (Å²) in [5.74, 6) is -0.954. The maximum atomic E-state index is 14.1. The van der Waals surface area contributed by atoms with Crippen LogP contribution in [0.25, 0.3) is 0 Å². The minimum Gasteiger partial charge on any atom is -0.494 e. The smallest absolute Gasteiger partial charge is 0.209 e. The van der Waals surface area contributed by atoms with Crippen molar-refractivity contribution in [3.8, 4) is 11.8 Å². The first-order valence-corrected chi connectivity index (χ1v) is 9.84. The molecule has 1 aromatic heterocycles. The maximum Gasteiger partial charge on any atom is 0.209 e. The number of rotatable bonds is 3. The second-order valence-electron chi connectivity index (χ2n) is 6.96. The Morgan fingerprint density at radius 2 is 1.85 bits per heavy atom. The first-order chi connectivity index (χ1) is 12.9. The van der Waals surface area contributed by atoms with Crippen molar-refractivity contribution in [2.45, 2.75) is 37.7 Å². The van der Waals surface area contributed by atoms with Gasteiger partial charge in [0.1, 0.15) is 17.7 Å². The molecular weight excluding hydrogens is 376 g/mol. The molecule has 4 N–H and O–H groups in total. The lowest BCUT2D eigenvalue weighted by Crippen LogP contribution is -2.47. The van der Waals surface area contributed by atoms with Gasteiger partial charge in [-0.15, -0.1) is 0 Å². The molecule has 3 heterocycles. The zero-order valence-corrected chi connectivity index (χ0v) is 15.5. The van der Waals surface area contributed by atoms with E-state index in [4.69, 9.17) is 10.5 Å². The van der Waals surface area contributed by atoms with E-state index < -0.39 is 23.8 Å². The average molecular weight is 397 g/mol. The lowest BCUT2D eigenvalue weighted by atomic mass is 9.93. The largest absolute Gasteiger partial charge is 0.494 e. The van der Waals surface area contributed by atoms with Crippen molar-refractivity contribution in [1.82, 2.24) is 8.87 Å². The Morgan fingerprint density at radius 1 is 1.19 bits per heavy atom. The third-order valence-electron chi connectivity index (χ3n) is 5.38. The normalized spacial score (nSPS) is 25.7. The quantitative estimate of drug-likeness (QED) is 0.738. The summed E-state index contributed by atoms with van der Waals surface area (Å²) in [6, 6.07) is 2.74. The van der Waals surface area contributed by atoms with Crippen LogP contribution in [0.15, 0.2) is 18.2 Å². The molecule has 0 spiro atoms. The fraction of sp³-hybridized carbons (Fsp3) is 0.444. The van der Waals surface area contributed by atoms with E-state index in [1.165, 1.54) is 15.9 Å². The van der Waals surface area contributed by atoms with Crippen molar-refractivity contribution >= 4 is 11.9 Å². The van der Waals surface area contributed by atoms with E-state index >= 15 is 0 Å². The maximum absolute atomic E-state index is 14.1. The van der Waals surface area contributed by atoms with Gasteiger partial charge in [0.05, 0.1) is 6.61 Å². The molecule has 2 aromatic rings. The Hall–Kier alpha value is -1.81. The summed E-state index contributed by atoms with van der Waals surface area (Å²) in [7, 11) is 0. The number of fused-ring (bicyclic) bond motifs is 1. The highest BCUT2D eigenvalue weighted by Gasteiger charge is 2.39. The Morgan fingerprint density at radius 3 is 2.44 bits per heavy atom. The van der Waals surface area contributed by atoms with Gasteiger partial charge in [0.15, 0.2) is 0 Å². The highest BCUT2D eigenvalue weighted by atomic mass is 32.2. The number of hydrogen-bond acceptors (Lipinski definition) is 6. The molecule has 3 unspecified atom stereocenters. The summed E-state index contributed by atoms with van der Waals surface area (Å²) in [5, 5.41) is 20.5. The van der Waals surface area contributed by atoms with Crippen LogP contribution in [0, 0.1) is 11.6 Å². The summed E-state index contributed by atoms with van der Waals surface area (Å²) >= 11 is 1.23. The second kappa shape index (κ2) is 6.97. The van der Waals surface area contributed by atoms with E-state index in [0.717, 1.165) is 18.2 Å². The van der Waals surface area contributed by atoms with Crippen LogP contribution in [0.3, 0.4) is 0 Å². The molecule has 9 heteroatoms. The highest BCUT2D eigenvalue weighted by Crippen LogP contribution is 2.43. The van der Waals surface area contributed by atoms with E-state index in [2.05, 4.69) is 4.90 Å². The lowest BCUT2D eigenvalue weighted by Gasteiger charge is -2.38. The number of aromatic hydroxyl groups is 2. The molecule has 1 aromatic carbocycles. The van der Waals surface area contributed by atoms with Gasteiger partial charge in [0, 0.05) is 48.1 Å². The van der Waals surface area contributed by atoms with Crippen molar-refractivity contribution in [3.63, 3.8) is 0 Å². The fourth-order valence-corrected chi connectivity index (χ4v) is 4.56. The van der Waals surface area contributed by atoms with E-state index in [-0.39, 0.29) is 23.4 Å². The van der Waals surface area contributed by atoms with Crippen LogP contribution >= 0.6 is 11.9 Å². The van der Waals surface area contributed by atoms with Gasteiger partial charge in [-0.3, -0.25) is 4.90 Å². The molecule has 146 valence electrons. The number of ether oxygens (including phenoxy) is 1. The summed E-state index contributed by atoms with van der Waals surface area (Å²) in [6.07, 6.45) is 1.60. The van der Waals surface area contributed by atoms with Crippen LogP contribution in [0.1, 0.15) is 29.2 Å². The van der Waals surface area contributed by atoms with E-state index in [1.807, 2.05) is 0 Å². The van der Waals surface area contributed by atoms with Gasteiger partial charge in [-0.1, -0.05) is 0 Å². The Balaban J connectivity index is 1.48. The van der Waals surface area contributed by atoms with Crippen molar-refractivity contribution < 1.29 is 23.7 Å². The van der Waals surface area contributed by atoms with Crippen LogP contribution in [-0.4, -0.2) is 44.0 Å². The summed E-state index contributed by atoms with van der Waals surface area (Å²) in [5.41, 5.74) is 7.77. The van der Waals surface area contributed by atoms with Crippen LogP contribution in [0.4, 0.5) is 8.78 Å². The molecule has 0 radical (unpaired) electrons. The molecule has 27 heavy (non-hydrogen) atoms. The Bertz CT molecular complexity index is 847. The van der Waals surface area contributed by atoms with Crippen LogP contribution < -0.4 is 5.73 Å². The molecule has 0 aliphatic carbocycles. The van der Waals surface area contributed by atoms with Crippen molar-refractivity contribution in [2.24, 2.45) is 5.73 Å². The van der Waals surface area contributed by atoms with Crippen LogP contribution in [0.2, 0.25) is 0 Å². The predicted octanol–water partition coefficient (Wildman–Crippen LogP) is 2.48. The van der Waals surface area contributed by atoms with E-state index in [1.54, 1.807) is 6.26 Å². The fourth-order valence-electron chi connectivity index (χ4n) is 3.99. The van der Waals surface area contributed by atoms with Gasteiger partial charge in [-0.05, 0) is 36.6 Å². The zero-order valence-electron chi connectivity index (χ0n) is 14.7. The minimum absolute atomic E-state index is 0.0400. The van der Waals surface area contributed by atoms with Crippen LogP contribution in [-0.2, 0) is 17.8 Å². The van der Waals surface area contributed by atoms with Gasteiger partial charge in [0.2, 0.25) is 11.8 Å². The molecule has 0 bridgehead atoms. The zero-order chi connectivity index (χ0) is 19.3. The van der Waals surface area contributed by atoms with Gasteiger partial charge >= 0.3 is 0 Å². The monoisotopic (exact) mass is 397 g/mol. The van der Waals surface area contributed by atoms with Crippen molar-refractivity contribution in [3.05, 3.63) is 46.5 Å². The molecule has 2 aliphatic rings. The Labute approximate surface area is 159 Å². The molecular formula is C18H21F2N3O3S. The molecule has 3 atom stereocenters. The van der Waals surface area contributed by atoms with E-state index in [9.17, 15) is 19.0 Å². The third kappa shape index (κ3) is 3.08. The SMILES string of the molecule is CSn1c(O)c2c(c1O)CN(C1COC(c3cc(F)ccc3F)C(N)C1)C2. The standard InChI is InChI=1S/C18H21F2N3O3S/c1-27-23-17(24)12-6-22(7-13(12)18(23)25)10-5-15(21)16(26-8-10)11-4-9(19)2-3-14(11)20/h2-4,10,15-16,24-25H,5-8,21H2,1H3. The molecule has 1 saturated heterocycles. The van der Waals surface area contributed by atoms with Gasteiger partial charge < -0.3 is 20.7 Å². The van der Waals surface area contributed by atoms with Gasteiger partial charge in [0.25, 0.3) is 0 Å². The topological polar surface area (TPSA) is 83.9 Å². The number of nitrogens with zero attached hydrogens (tertiary/aromatic N) is 2. The Kier molecular flexibility index (Phi) is 4.79. The minimum atomic E-state index is -0.703. The third-order valence-corrected chi connectivity index (χ3v) is 6.09. The molecule has 6 nitrogen and oxygen atoms in total. The molecule has 0 saturated carbocycles. The van der Waals surface area contributed by atoms with Gasteiger partial charge in [-0.25, -0.2) is 12.8 Å².